The van der Waals surface area contributed by atoms with Crippen molar-refractivity contribution in [2.45, 2.75) is 20.0 Å². The second-order valence-corrected chi connectivity index (χ2v) is 4.80. The van der Waals surface area contributed by atoms with E-state index in [0.29, 0.717) is 11.1 Å². The zero-order valence-electron chi connectivity index (χ0n) is 9.20. The SMILES string of the molecule is Cc1ccsc1C(O)c1cccc(C)c1F. The number of aliphatic hydroxyl groups is 1. The van der Waals surface area contributed by atoms with Crippen LogP contribution in [0.15, 0.2) is 29.6 Å². The Bertz CT molecular complexity index is 504. The standard InChI is InChI=1S/C13H13FOS/c1-8-4-3-5-10(11(8)14)12(15)13-9(2)6-7-16-13/h3-7,12,15H,1-2H3. The monoisotopic (exact) mass is 236 g/mol. The van der Waals surface area contributed by atoms with Crippen molar-refractivity contribution in [1.29, 1.82) is 0 Å². The van der Waals surface area contributed by atoms with E-state index >= 15 is 0 Å². The minimum Gasteiger partial charge on any atom is -0.383 e. The van der Waals surface area contributed by atoms with E-state index in [-0.39, 0.29) is 5.82 Å². The molecular weight excluding hydrogens is 223 g/mol. The van der Waals surface area contributed by atoms with Crippen molar-refractivity contribution < 1.29 is 9.50 Å². The minimum atomic E-state index is -0.861. The van der Waals surface area contributed by atoms with E-state index in [1.165, 1.54) is 11.3 Å². The Kier molecular flexibility index (Phi) is 3.08. The maximum atomic E-state index is 13.8. The third-order valence-electron chi connectivity index (χ3n) is 2.67. The molecule has 16 heavy (non-hydrogen) atoms. The summed E-state index contributed by atoms with van der Waals surface area (Å²) in [5.41, 5.74) is 1.91. The molecular formula is C13H13FOS. The van der Waals surface area contributed by atoms with Crippen LogP contribution in [0.3, 0.4) is 0 Å². The number of halogens is 1. The zero-order valence-corrected chi connectivity index (χ0v) is 10.0. The van der Waals surface area contributed by atoms with Crippen LogP contribution in [0.25, 0.3) is 0 Å². The van der Waals surface area contributed by atoms with Crippen LogP contribution < -0.4 is 0 Å². The molecule has 1 N–H and O–H groups in total. The molecule has 3 heteroatoms. The zero-order chi connectivity index (χ0) is 11.7. The summed E-state index contributed by atoms with van der Waals surface area (Å²) in [6.45, 7) is 3.62. The van der Waals surface area contributed by atoms with Crippen LogP contribution in [-0.2, 0) is 0 Å². The molecule has 0 saturated carbocycles. The smallest absolute Gasteiger partial charge is 0.132 e. The topological polar surface area (TPSA) is 20.2 Å². The number of hydrogen-bond acceptors (Lipinski definition) is 2. The average Bonchev–Trinajstić information content (AvgIpc) is 2.68. The van der Waals surface area contributed by atoms with Gasteiger partial charge < -0.3 is 5.11 Å². The van der Waals surface area contributed by atoms with E-state index in [2.05, 4.69) is 0 Å². The summed E-state index contributed by atoms with van der Waals surface area (Å²) >= 11 is 1.45. The summed E-state index contributed by atoms with van der Waals surface area (Å²) in [7, 11) is 0. The number of aliphatic hydroxyl groups excluding tert-OH is 1. The van der Waals surface area contributed by atoms with E-state index in [1.54, 1.807) is 25.1 Å². The van der Waals surface area contributed by atoms with Gasteiger partial charge in [0, 0.05) is 10.4 Å². The van der Waals surface area contributed by atoms with Gasteiger partial charge in [0.2, 0.25) is 0 Å². The van der Waals surface area contributed by atoms with Crippen LogP contribution in [-0.4, -0.2) is 5.11 Å². The van der Waals surface area contributed by atoms with Gasteiger partial charge in [-0.2, -0.15) is 0 Å². The number of hydrogen-bond donors (Lipinski definition) is 1. The molecule has 1 atom stereocenters. The summed E-state index contributed by atoms with van der Waals surface area (Å²) in [5, 5.41) is 12.0. The van der Waals surface area contributed by atoms with Crippen molar-refractivity contribution in [3.8, 4) is 0 Å². The first-order chi connectivity index (χ1) is 7.61. The minimum absolute atomic E-state index is 0.317. The van der Waals surface area contributed by atoms with Crippen molar-refractivity contribution in [2.24, 2.45) is 0 Å². The molecule has 0 saturated heterocycles. The fourth-order valence-corrected chi connectivity index (χ4v) is 2.62. The van der Waals surface area contributed by atoms with Crippen molar-refractivity contribution >= 4 is 11.3 Å². The molecule has 0 spiro atoms. The van der Waals surface area contributed by atoms with Crippen molar-refractivity contribution in [2.75, 3.05) is 0 Å². The number of rotatable bonds is 2. The molecule has 0 bridgehead atoms. The number of aryl methyl sites for hydroxylation is 2. The van der Waals surface area contributed by atoms with E-state index in [1.807, 2.05) is 18.4 Å². The van der Waals surface area contributed by atoms with E-state index in [4.69, 9.17) is 0 Å². The molecule has 0 aliphatic rings. The molecule has 1 unspecified atom stereocenters. The Labute approximate surface area is 98.2 Å². The first-order valence-electron chi connectivity index (χ1n) is 5.08. The predicted molar refractivity (Wildman–Crippen MR) is 64.3 cm³/mol. The Balaban J connectivity index is 2.46. The highest BCUT2D eigenvalue weighted by molar-refractivity contribution is 7.10. The van der Waals surface area contributed by atoms with Gasteiger partial charge >= 0.3 is 0 Å². The molecule has 1 aromatic carbocycles. The van der Waals surface area contributed by atoms with Gasteiger partial charge in [-0.3, -0.25) is 0 Å². The number of benzene rings is 1. The summed E-state index contributed by atoms with van der Waals surface area (Å²) < 4.78 is 13.8. The molecule has 0 aliphatic heterocycles. The molecule has 1 nitrogen and oxygen atoms in total. The first-order valence-corrected chi connectivity index (χ1v) is 5.96. The normalized spacial score (nSPS) is 12.8. The van der Waals surface area contributed by atoms with Gasteiger partial charge in [0.1, 0.15) is 11.9 Å². The molecule has 1 heterocycles. The maximum absolute atomic E-state index is 13.8. The lowest BCUT2D eigenvalue weighted by atomic mass is 10.0. The van der Waals surface area contributed by atoms with Crippen LogP contribution in [0, 0.1) is 19.7 Å². The van der Waals surface area contributed by atoms with Crippen LogP contribution in [0.1, 0.15) is 27.7 Å². The third kappa shape index (κ3) is 1.88. The second kappa shape index (κ2) is 4.36. The van der Waals surface area contributed by atoms with Gasteiger partial charge in [-0.1, -0.05) is 18.2 Å². The molecule has 84 valence electrons. The van der Waals surface area contributed by atoms with Crippen LogP contribution in [0.4, 0.5) is 4.39 Å². The average molecular weight is 236 g/mol. The lowest BCUT2D eigenvalue weighted by Gasteiger charge is -2.12. The maximum Gasteiger partial charge on any atom is 0.132 e. The van der Waals surface area contributed by atoms with Crippen LogP contribution in [0.2, 0.25) is 0 Å². The Morgan fingerprint density at radius 3 is 2.56 bits per heavy atom. The van der Waals surface area contributed by atoms with Crippen molar-refractivity contribution in [1.82, 2.24) is 0 Å². The summed E-state index contributed by atoms with van der Waals surface area (Å²) in [4.78, 5) is 0.810. The van der Waals surface area contributed by atoms with Gasteiger partial charge in [0.25, 0.3) is 0 Å². The lowest BCUT2D eigenvalue weighted by Crippen LogP contribution is -2.03. The fourth-order valence-electron chi connectivity index (χ4n) is 1.69. The molecule has 2 aromatic rings. The van der Waals surface area contributed by atoms with Gasteiger partial charge in [0.05, 0.1) is 0 Å². The Morgan fingerprint density at radius 1 is 1.19 bits per heavy atom. The summed E-state index contributed by atoms with van der Waals surface area (Å²) in [6.07, 6.45) is -0.861. The molecule has 0 aliphatic carbocycles. The Morgan fingerprint density at radius 2 is 1.94 bits per heavy atom. The largest absolute Gasteiger partial charge is 0.383 e. The van der Waals surface area contributed by atoms with Gasteiger partial charge in [0.15, 0.2) is 0 Å². The van der Waals surface area contributed by atoms with Crippen molar-refractivity contribution in [3.63, 3.8) is 0 Å². The van der Waals surface area contributed by atoms with Crippen LogP contribution >= 0.6 is 11.3 Å². The first kappa shape index (κ1) is 11.3. The molecule has 0 radical (unpaired) electrons. The van der Waals surface area contributed by atoms with E-state index in [0.717, 1.165) is 10.4 Å². The summed E-state index contributed by atoms with van der Waals surface area (Å²) in [6, 6.07) is 7.02. The van der Waals surface area contributed by atoms with Gasteiger partial charge in [-0.05, 0) is 36.4 Å². The summed E-state index contributed by atoms with van der Waals surface area (Å²) in [5.74, 6) is -0.317. The predicted octanol–water partition coefficient (Wildman–Crippen LogP) is 3.59. The Hall–Kier alpha value is -1.19. The highest BCUT2D eigenvalue weighted by Crippen LogP contribution is 2.31. The quantitative estimate of drug-likeness (QED) is 0.845. The van der Waals surface area contributed by atoms with Gasteiger partial charge in [-0.15, -0.1) is 11.3 Å². The molecule has 0 fully saturated rings. The molecule has 1 aromatic heterocycles. The lowest BCUT2D eigenvalue weighted by molar-refractivity contribution is 0.218. The van der Waals surface area contributed by atoms with E-state index in [9.17, 15) is 9.50 Å². The van der Waals surface area contributed by atoms with Gasteiger partial charge in [-0.25, -0.2) is 4.39 Å². The third-order valence-corrected chi connectivity index (χ3v) is 3.74. The molecule has 2 rings (SSSR count). The fraction of sp³-hybridized carbons (Fsp3) is 0.231. The second-order valence-electron chi connectivity index (χ2n) is 3.85. The highest BCUT2D eigenvalue weighted by Gasteiger charge is 2.18. The van der Waals surface area contributed by atoms with Crippen molar-refractivity contribution in [3.05, 3.63) is 57.0 Å². The molecule has 0 amide bonds. The van der Waals surface area contributed by atoms with E-state index < -0.39 is 6.10 Å². The highest BCUT2D eigenvalue weighted by atomic mass is 32.1. The van der Waals surface area contributed by atoms with Crippen LogP contribution in [0.5, 0.6) is 0 Å². The number of thiophene rings is 1.